The molecule has 1 amide bonds. The lowest BCUT2D eigenvalue weighted by molar-refractivity contribution is -0.155. The van der Waals surface area contributed by atoms with Crippen LogP contribution in [0.1, 0.15) is 57.7 Å². The van der Waals surface area contributed by atoms with E-state index in [0.717, 1.165) is 30.6 Å². The molecule has 3 rings (SSSR count). The summed E-state index contributed by atoms with van der Waals surface area (Å²) in [7, 11) is 2.40. The van der Waals surface area contributed by atoms with Crippen molar-refractivity contribution in [1.82, 2.24) is 0 Å². The minimum Gasteiger partial charge on any atom is -0.465 e. The molecule has 168 valence electrons. The van der Waals surface area contributed by atoms with E-state index >= 15 is 0 Å². The minimum absolute atomic E-state index is 0.0474. The number of carbonyl (C=O) groups excluding carboxylic acids is 5. The van der Waals surface area contributed by atoms with Crippen molar-refractivity contribution in [2.24, 2.45) is 17.8 Å². The smallest absolute Gasteiger partial charge is 0.348 e. The number of rotatable bonds is 6. The Bertz CT molecular complexity index is 905. The molecule has 2 fully saturated rings. The Morgan fingerprint density at radius 2 is 1.65 bits per heavy atom. The first-order valence-corrected chi connectivity index (χ1v) is 10.9. The van der Waals surface area contributed by atoms with E-state index in [1.807, 2.05) is 0 Å². The summed E-state index contributed by atoms with van der Waals surface area (Å²) in [6.45, 7) is 1.01. The molecule has 9 nitrogen and oxygen atoms in total. The number of anilines is 1. The topological polar surface area (TPSA) is 125 Å². The first-order chi connectivity index (χ1) is 14.8. The second kappa shape index (κ2) is 9.59. The molecule has 31 heavy (non-hydrogen) atoms. The number of nitrogens with one attached hydrogen (secondary N) is 1. The molecule has 1 aromatic heterocycles. The lowest BCUT2D eigenvalue weighted by Crippen LogP contribution is -2.40. The van der Waals surface area contributed by atoms with Crippen molar-refractivity contribution in [2.45, 2.75) is 39.0 Å². The lowest BCUT2D eigenvalue weighted by atomic mass is 9.67. The number of hydrogen-bond donors (Lipinski definition) is 1. The maximum atomic E-state index is 12.5. The zero-order chi connectivity index (χ0) is 22.7. The van der Waals surface area contributed by atoms with Crippen molar-refractivity contribution < 1.29 is 38.2 Å². The molecule has 0 aromatic carbocycles. The predicted octanol–water partition coefficient (Wildman–Crippen LogP) is 2.51. The first-order valence-electron chi connectivity index (χ1n) is 10.1. The van der Waals surface area contributed by atoms with Crippen molar-refractivity contribution in [3.8, 4) is 0 Å². The van der Waals surface area contributed by atoms with Crippen LogP contribution in [0.25, 0.3) is 0 Å². The molecule has 2 bridgehead atoms. The van der Waals surface area contributed by atoms with Gasteiger partial charge in [0.1, 0.15) is 15.7 Å². The second-order valence-electron chi connectivity index (χ2n) is 7.79. The van der Waals surface area contributed by atoms with E-state index in [1.54, 1.807) is 6.92 Å². The van der Waals surface area contributed by atoms with Gasteiger partial charge in [-0.1, -0.05) is 6.42 Å². The third-order valence-electron chi connectivity index (χ3n) is 5.89. The van der Waals surface area contributed by atoms with Crippen LogP contribution in [0.2, 0.25) is 0 Å². The van der Waals surface area contributed by atoms with Gasteiger partial charge in [-0.05, 0) is 38.2 Å². The maximum Gasteiger partial charge on any atom is 0.348 e. The van der Waals surface area contributed by atoms with Crippen LogP contribution >= 0.6 is 11.3 Å². The van der Waals surface area contributed by atoms with Crippen molar-refractivity contribution in [1.29, 1.82) is 0 Å². The fourth-order valence-corrected chi connectivity index (χ4v) is 5.46. The molecule has 2 unspecified atom stereocenters. The Labute approximate surface area is 183 Å². The highest BCUT2D eigenvalue weighted by molar-refractivity contribution is 7.18. The number of amides is 1. The van der Waals surface area contributed by atoms with Gasteiger partial charge in [-0.25, -0.2) is 9.59 Å². The molecule has 1 aromatic rings. The Morgan fingerprint density at radius 3 is 2.23 bits per heavy atom. The van der Waals surface area contributed by atoms with Crippen molar-refractivity contribution in [2.75, 3.05) is 26.1 Å². The Morgan fingerprint density at radius 1 is 1.03 bits per heavy atom. The van der Waals surface area contributed by atoms with Crippen LogP contribution in [0.5, 0.6) is 0 Å². The maximum absolute atomic E-state index is 12.5. The molecule has 0 aliphatic heterocycles. The van der Waals surface area contributed by atoms with Crippen LogP contribution in [0, 0.1) is 24.7 Å². The van der Waals surface area contributed by atoms with Gasteiger partial charge in [-0.3, -0.25) is 14.4 Å². The number of esters is 3. The average Bonchev–Trinajstić information content (AvgIpc) is 3.06. The van der Waals surface area contributed by atoms with Gasteiger partial charge in [0.15, 0.2) is 6.61 Å². The molecule has 2 atom stereocenters. The highest BCUT2D eigenvalue weighted by Gasteiger charge is 2.42. The Hall–Kier alpha value is -2.75. The number of Topliss-reactive ketones (excluding diaryl/α,β-unsaturated/α-hetero) is 1. The second-order valence-corrected chi connectivity index (χ2v) is 8.82. The molecule has 2 saturated carbocycles. The van der Waals surface area contributed by atoms with Gasteiger partial charge in [-0.15, -0.1) is 11.3 Å². The standard InChI is InChI=1S/C21H25NO8S/c1-10-15(20(26)28-2)18(31-17(10)21(27)29-3)22-14(23)9-30-19(25)13-7-11-5-4-6-12(8-13)16(11)24/h11-13H,4-9H2,1-3H3,(H,22,23). The number of methoxy groups -OCH3 is 2. The molecular weight excluding hydrogens is 426 g/mol. The molecule has 1 heterocycles. The van der Waals surface area contributed by atoms with E-state index in [1.165, 1.54) is 14.2 Å². The Balaban J connectivity index is 1.63. The van der Waals surface area contributed by atoms with Crippen molar-refractivity contribution in [3.05, 3.63) is 16.0 Å². The summed E-state index contributed by atoms with van der Waals surface area (Å²) >= 11 is 0.879. The van der Waals surface area contributed by atoms with Gasteiger partial charge < -0.3 is 19.5 Å². The minimum atomic E-state index is -0.713. The zero-order valence-corrected chi connectivity index (χ0v) is 18.5. The quantitative estimate of drug-likeness (QED) is 0.517. The molecule has 10 heteroatoms. The molecular formula is C21H25NO8S. The summed E-state index contributed by atoms with van der Waals surface area (Å²) in [6, 6.07) is 0. The summed E-state index contributed by atoms with van der Waals surface area (Å²) in [6.07, 6.45) is 3.54. The molecule has 1 N–H and O–H groups in total. The number of ketones is 1. The summed E-state index contributed by atoms with van der Waals surface area (Å²) in [5, 5.41) is 2.63. The van der Waals surface area contributed by atoms with E-state index in [2.05, 4.69) is 5.32 Å². The fourth-order valence-electron chi connectivity index (χ4n) is 4.33. The Kier molecular flexibility index (Phi) is 7.09. The van der Waals surface area contributed by atoms with Gasteiger partial charge in [-0.2, -0.15) is 0 Å². The van der Waals surface area contributed by atoms with Crippen LogP contribution in [-0.4, -0.2) is 50.4 Å². The predicted molar refractivity (Wildman–Crippen MR) is 110 cm³/mol. The summed E-state index contributed by atoms with van der Waals surface area (Å²) < 4.78 is 14.6. The largest absolute Gasteiger partial charge is 0.465 e. The number of thiophene rings is 1. The van der Waals surface area contributed by atoms with Crippen LogP contribution in [0.3, 0.4) is 0 Å². The van der Waals surface area contributed by atoms with Crippen LogP contribution in [0.15, 0.2) is 0 Å². The number of ether oxygens (including phenoxy) is 3. The molecule has 2 aliphatic carbocycles. The summed E-state index contributed by atoms with van der Waals surface area (Å²) in [5.74, 6) is -2.82. The summed E-state index contributed by atoms with van der Waals surface area (Å²) in [4.78, 5) is 61.2. The first kappa shape index (κ1) is 22.9. The zero-order valence-electron chi connectivity index (χ0n) is 17.6. The molecule has 2 aliphatic rings. The molecule has 0 radical (unpaired) electrons. The van der Waals surface area contributed by atoms with E-state index < -0.39 is 30.4 Å². The number of carbonyl (C=O) groups is 5. The summed E-state index contributed by atoms with van der Waals surface area (Å²) in [5.41, 5.74) is 0.376. The number of hydrogen-bond acceptors (Lipinski definition) is 9. The number of fused-ring (bicyclic) bond motifs is 2. The van der Waals surface area contributed by atoms with Crippen molar-refractivity contribution in [3.63, 3.8) is 0 Å². The van der Waals surface area contributed by atoms with E-state index in [4.69, 9.17) is 14.2 Å². The van der Waals surface area contributed by atoms with E-state index in [-0.39, 0.29) is 39.0 Å². The van der Waals surface area contributed by atoms with E-state index in [0.29, 0.717) is 18.4 Å². The van der Waals surface area contributed by atoms with Crippen LogP contribution in [-0.2, 0) is 28.6 Å². The van der Waals surface area contributed by atoms with Gasteiger partial charge >= 0.3 is 17.9 Å². The van der Waals surface area contributed by atoms with Crippen LogP contribution in [0.4, 0.5) is 5.00 Å². The van der Waals surface area contributed by atoms with Gasteiger partial charge in [0.05, 0.1) is 25.7 Å². The van der Waals surface area contributed by atoms with Crippen LogP contribution < -0.4 is 5.32 Å². The van der Waals surface area contributed by atoms with Gasteiger partial charge in [0.25, 0.3) is 5.91 Å². The normalized spacial score (nSPS) is 22.4. The highest BCUT2D eigenvalue weighted by Crippen LogP contribution is 2.40. The third kappa shape index (κ3) is 4.79. The highest BCUT2D eigenvalue weighted by atomic mass is 32.1. The molecule has 0 saturated heterocycles. The van der Waals surface area contributed by atoms with E-state index in [9.17, 15) is 24.0 Å². The third-order valence-corrected chi connectivity index (χ3v) is 7.07. The van der Waals surface area contributed by atoms with Gasteiger partial charge in [0.2, 0.25) is 0 Å². The molecule has 0 spiro atoms. The van der Waals surface area contributed by atoms with Crippen molar-refractivity contribution >= 4 is 45.9 Å². The lowest BCUT2D eigenvalue weighted by Gasteiger charge is -2.36. The average molecular weight is 451 g/mol. The SMILES string of the molecule is COC(=O)c1sc(NC(=O)COC(=O)C2CC3CCCC(C2)C3=O)c(C(=O)OC)c1C. The fraction of sp³-hybridized carbons (Fsp3) is 0.571. The van der Waals surface area contributed by atoms with Gasteiger partial charge in [0, 0.05) is 11.8 Å². The monoisotopic (exact) mass is 451 g/mol.